The Morgan fingerprint density at radius 3 is 2.58 bits per heavy atom. The Hall–Kier alpha value is -2.34. The summed E-state index contributed by atoms with van der Waals surface area (Å²) in [4.78, 5) is 21.9. The van der Waals surface area contributed by atoms with Crippen LogP contribution in [-0.2, 0) is 4.74 Å². The zero-order chi connectivity index (χ0) is 16.9. The van der Waals surface area contributed by atoms with Gasteiger partial charge in [0.15, 0.2) is 5.69 Å². The highest BCUT2D eigenvalue weighted by atomic mass is 35.5. The Morgan fingerprint density at radius 1 is 1.21 bits per heavy atom. The fourth-order valence-electron chi connectivity index (χ4n) is 2.64. The molecule has 0 N–H and O–H groups in total. The molecule has 1 fully saturated rings. The van der Waals surface area contributed by atoms with E-state index < -0.39 is 5.97 Å². The van der Waals surface area contributed by atoms with Crippen molar-refractivity contribution in [2.75, 3.05) is 25.1 Å². The molecule has 1 saturated heterocycles. The zero-order valence-corrected chi connectivity index (χ0v) is 14.1. The second-order valence-electron chi connectivity index (χ2n) is 5.51. The van der Waals surface area contributed by atoms with E-state index in [9.17, 15) is 4.79 Å². The van der Waals surface area contributed by atoms with Crippen LogP contribution in [0.15, 0.2) is 36.7 Å². The number of hydrogen-bond donors (Lipinski definition) is 0. The van der Waals surface area contributed by atoms with Crippen LogP contribution in [0, 0.1) is 0 Å². The van der Waals surface area contributed by atoms with E-state index in [4.69, 9.17) is 21.1 Å². The standard InChI is InChI=1S/C17H18ClN3O3/c1-23-17(22)15-10-16(20-11-19-15)21-8-6-14(7-9-21)24-13-4-2-12(18)3-5-13/h2-5,10-11,14H,6-9H2,1H3. The lowest BCUT2D eigenvalue weighted by molar-refractivity contribution is 0.0593. The van der Waals surface area contributed by atoms with Crippen LogP contribution < -0.4 is 9.64 Å². The molecule has 1 aromatic heterocycles. The predicted molar refractivity (Wildman–Crippen MR) is 90.7 cm³/mol. The van der Waals surface area contributed by atoms with Gasteiger partial charge in [0.2, 0.25) is 0 Å². The molecular formula is C17H18ClN3O3. The number of aromatic nitrogens is 2. The lowest BCUT2D eigenvalue weighted by Crippen LogP contribution is -2.38. The maximum absolute atomic E-state index is 11.6. The summed E-state index contributed by atoms with van der Waals surface area (Å²) in [6, 6.07) is 9.05. The van der Waals surface area contributed by atoms with Crippen LogP contribution in [0.3, 0.4) is 0 Å². The average molecular weight is 348 g/mol. The molecule has 2 aromatic rings. The summed E-state index contributed by atoms with van der Waals surface area (Å²) in [5, 5.41) is 0.697. The molecule has 0 saturated carbocycles. The molecule has 2 heterocycles. The molecule has 6 nitrogen and oxygen atoms in total. The van der Waals surface area contributed by atoms with E-state index in [2.05, 4.69) is 14.9 Å². The van der Waals surface area contributed by atoms with Crippen molar-refractivity contribution in [3.63, 3.8) is 0 Å². The van der Waals surface area contributed by atoms with Crippen molar-refractivity contribution in [3.05, 3.63) is 47.4 Å². The van der Waals surface area contributed by atoms with Crippen LogP contribution in [0.25, 0.3) is 0 Å². The average Bonchev–Trinajstić information content (AvgIpc) is 2.64. The third kappa shape index (κ3) is 3.94. The van der Waals surface area contributed by atoms with Crippen LogP contribution in [-0.4, -0.2) is 42.2 Å². The van der Waals surface area contributed by atoms with Crippen molar-refractivity contribution in [1.82, 2.24) is 9.97 Å². The van der Waals surface area contributed by atoms with E-state index in [1.807, 2.05) is 24.3 Å². The van der Waals surface area contributed by atoms with Gasteiger partial charge in [-0.15, -0.1) is 0 Å². The number of carbonyl (C=O) groups excluding carboxylic acids is 1. The molecule has 7 heteroatoms. The molecule has 0 aliphatic carbocycles. The Bertz CT molecular complexity index is 700. The Labute approximate surface area is 145 Å². The van der Waals surface area contributed by atoms with Crippen molar-refractivity contribution in [3.8, 4) is 5.75 Å². The Morgan fingerprint density at radius 2 is 1.92 bits per heavy atom. The summed E-state index contributed by atoms with van der Waals surface area (Å²) in [5.41, 5.74) is 0.266. The summed E-state index contributed by atoms with van der Waals surface area (Å²) >= 11 is 5.88. The maximum atomic E-state index is 11.6. The van der Waals surface area contributed by atoms with E-state index in [0.717, 1.165) is 37.5 Å². The maximum Gasteiger partial charge on any atom is 0.356 e. The molecule has 3 rings (SSSR count). The topological polar surface area (TPSA) is 64.5 Å². The highest BCUT2D eigenvalue weighted by Gasteiger charge is 2.22. The fourth-order valence-corrected chi connectivity index (χ4v) is 2.77. The zero-order valence-electron chi connectivity index (χ0n) is 13.3. The van der Waals surface area contributed by atoms with Crippen molar-refractivity contribution in [2.45, 2.75) is 18.9 Å². The molecule has 0 radical (unpaired) electrons. The molecule has 24 heavy (non-hydrogen) atoms. The van der Waals surface area contributed by atoms with Gasteiger partial charge in [0.1, 0.15) is 24.0 Å². The summed E-state index contributed by atoms with van der Waals surface area (Å²) in [7, 11) is 1.34. The lowest BCUT2D eigenvalue weighted by atomic mass is 10.1. The number of ether oxygens (including phenoxy) is 2. The third-order valence-corrected chi connectivity index (χ3v) is 4.18. The van der Waals surface area contributed by atoms with Gasteiger partial charge in [0.25, 0.3) is 0 Å². The number of benzene rings is 1. The van der Waals surface area contributed by atoms with Crippen molar-refractivity contribution >= 4 is 23.4 Å². The minimum Gasteiger partial charge on any atom is -0.490 e. The molecule has 0 atom stereocenters. The van der Waals surface area contributed by atoms with Gasteiger partial charge >= 0.3 is 5.97 Å². The Kier molecular flexibility index (Phi) is 5.15. The third-order valence-electron chi connectivity index (χ3n) is 3.93. The first kappa shape index (κ1) is 16.5. The van der Waals surface area contributed by atoms with E-state index in [1.54, 1.807) is 6.07 Å². The van der Waals surface area contributed by atoms with Crippen molar-refractivity contribution < 1.29 is 14.3 Å². The van der Waals surface area contributed by atoms with Gasteiger partial charge < -0.3 is 14.4 Å². The first-order valence-electron chi connectivity index (χ1n) is 7.73. The first-order chi connectivity index (χ1) is 11.7. The molecule has 0 spiro atoms. The molecule has 1 aliphatic rings. The second-order valence-corrected chi connectivity index (χ2v) is 5.95. The lowest BCUT2D eigenvalue weighted by Gasteiger charge is -2.32. The largest absolute Gasteiger partial charge is 0.490 e. The minimum absolute atomic E-state index is 0.157. The van der Waals surface area contributed by atoms with Gasteiger partial charge in [-0.1, -0.05) is 11.6 Å². The number of rotatable bonds is 4. The number of nitrogens with zero attached hydrogens (tertiary/aromatic N) is 3. The number of anilines is 1. The van der Waals surface area contributed by atoms with E-state index >= 15 is 0 Å². The van der Waals surface area contributed by atoms with Gasteiger partial charge in [0, 0.05) is 37.0 Å². The number of piperidine rings is 1. The number of methoxy groups -OCH3 is 1. The van der Waals surface area contributed by atoms with Gasteiger partial charge in [-0.05, 0) is 24.3 Å². The van der Waals surface area contributed by atoms with Gasteiger partial charge in [0.05, 0.1) is 7.11 Å². The van der Waals surface area contributed by atoms with Crippen LogP contribution >= 0.6 is 11.6 Å². The molecule has 126 valence electrons. The van der Waals surface area contributed by atoms with E-state index in [0.29, 0.717) is 5.02 Å². The first-order valence-corrected chi connectivity index (χ1v) is 8.11. The molecule has 1 aliphatic heterocycles. The Balaban J connectivity index is 1.58. The summed E-state index contributed by atoms with van der Waals surface area (Å²) in [6.07, 6.45) is 3.29. The molecule has 0 amide bonds. The van der Waals surface area contributed by atoms with Gasteiger partial charge in [-0.2, -0.15) is 0 Å². The van der Waals surface area contributed by atoms with Crippen LogP contribution in [0.1, 0.15) is 23.3 Å². The number of hydrogen-bond acceptors (Lipinski definition) is 6. The number of halogens is 1. The highest BCUT2D eigenvalue weighted by molar-refractivity contribution is 6.30. The van der Waals surface area contributed by atoms with Gasteiger partial charge in [-0.25, -0.2) is 14.8 Å². The number of esters is 1. The van der Waals surface area contributed by atoms with Gasteiger partial charge in [-0.3, -0.25) is 0 Å². The fraction of sp³-hybridized carbons (Fsp3) is 0.353. The smallest absolute Gasteiger partial charge is 0.356 e. The summed E-state index contributed by atoms with van der Waals surface area (Å²) in [5.74, 6) is 1.10. The summed E-state index contributed by atoms with van der Waals surface area (Å²) in [6.45, 7) is 1.60. The quantitative estimate of drug-likeness (QED) is 0.792. The highest BCUT2D eigenvalue weighted by Crippen LogP contribution is 2.23. The van der Waals surface area contributed by atoms with E-state index in [-0.39, 0.29) is 11.8 Å². The SMILES string of the molecule is COC(=O)c1cc(N2CCC(Oc3ccc(Cl)cc3)CC2)ncn1. The normalized spacial score (nSPS) is 15.2. The number of carbonyl (C=O) groups is 1. The van der Waals surface area contributed by atoms with Crippen molar-refractivity contribution in [2.24, 2.45) is 0 Å². The van der Waals surface area contributed by atoms with E-state index in [1.165, 1.54) is 13.4 Å². The second kappa shape index (κ2) is 7.49. The van der Waals surface area contributed by atoms with Crippen LogP contribution in [0.5, 0.6) is 5.75 Å². The van der Waals surface area contributed by atoms with Crippen LogP contribution in [0.2, 0.25) is 5.02 Å². The molecule has 1 aromatic carbocycles. The van der Waals surface area contributed by atoms with Crippen molar-refractivity contribution in [1.29, 1.82) is 0 Å². The molecule has 0 bridgehead atoms. The minimum atomic E-state index is -0.459. The summed E-state index contributed by atoms with van der Waals surface area (Å²) < 4.78 is 10.7. The molecular weight excluding hydrogens is 330 g/mol. The molecule has 0 unspecified atom stereocenters. The monoisotopic (exact) mass is 347 g/mol. The van der Waals surface area contributed by atoms with Crippen LogP contribution in [0.4, 0.5) is 5.82 Å². The predicted octanol–water partition coefficient (Wildman–Crippen LogP) is 2.96.